The van der Waals surface area contributed by atoms with E-state index in [-0.39, 0.29) is 5.82 Å². The molecule has 5 heteroatoms. The van der Waals surface area contributed by atoms with Crippen LogP contribution in [0.25, 0.3) is 10.9 Å². The van der Waals surface area contributed by atoms with E-state index in [0.717, 1.165) is 18.7 Å². The van der Waals surface area contributed by atoms with Gasteiger partial charge in [0.2, 0.25) is 0 Å². The van der Waals surface area contributed by atoms with Gasteiger partial charge in [-0.2, -0.15) is 0 Å². The molecule has 4 nitrogen and oxygen atoms in total. The van der Waals surface area contributed by atoms with E-state index in [2.05, 4.69) is 20.6 Å². The number of hydrogen-bond donors (Lipinski definition) is 2. The zero-order valence-corrected chi connectivity index (χ0v) is 10.00. The topological polar surface area (TPSA) is 49.3 Å². The van der Waals surface area contributed by atoms with Crippen LogP contribution >= 0.6 is 0 Å². The third kappa shape index (κ3) is 1.77. The molecule has 1 aromatic carbocycles. The summed E-state index contributed by atoms with van der Waals surface area (Å²) in [6.45, 7) is 3.48. The number of benzene rings is 1. The highest BCUT2D eigenvalue weighted by molar-refractivity contribution is 5.98. The molecule has 3 rings (SSSR count). The van der Waals surface area contributed by atoms with Crippen molar-refractivity contribution >= 4 is 22.5 Å². The number of aryl methyl sites for hydroxylation is 1. The van der Waals surface area contributed by atoms with Crippen LogP contribution in [-0.4, -0.2) is 24.0 Å². The third-order valence-corrected chi connectivity index (χ3v) is 3.02. The van der Waals surface area contributed by atoms with E-state index in [0.29, 0.717) is 22.5 Å². The Hall–Kier alpha value is -2.17. The number of pyridine rings is 1. The van der Waals surface area contributed by atoms with Gasteiger partial charge in [-0.1, -0.05) is 0 Å². The van der Waals surface area contributed by atoms with Gasteiger partial charge in [0, 0.05) is 23.8 Å². The Morgan fingerprint density at radius 3 is 3.11 bits per heavy atom. The molecule has 0 aliphatic carbocycles. The quantitative estimate of drug-likeness (QED) is 0.807. The largest absolute Gasteiger partial charge is 0.354 e. The first-order valence-corrected chi connectivity index (χ1v) is 5.85. The van der Waals surface area contributed by atoms with E-state index >= 15 is 0 Å². The number of aliphatic imine (C=N–C) groups is 1. The number of aromatic nitrogens is 1. The summed E-state index contributed by atoms with van der Waals surface area (Å²) in [6.07, 6.45) is 1.67. The summed E-state index contributed by atoms with van der Waals surface area (Å²) in [4.78, 5) is 8.47. The summed E-state index contributed by atoms with van der Waals surface area (Å²) in [5.41, 5.74) is 2.30. The molecule has 0 bridgehead atoms. The predicted octanol–water partition coefficient (Wildman–Crippen LogP) is 2.05. The molecule has 0 amide bonds. The smallest absolute Gasteiger partial charge is 0.195 e. The second-order valence-corrected chi connectivity index (χ2v) is 4.21. The van der Waals surface area contributed by atoms with Crippen LogP contribution in [-0.2, 0) is 0 Å². The van der Waals surface area contributed by atoms with Crippen molar-refractivity contribution in [2.24, 2.45) is 4.99 Å². The normalized spacial score (nSPS) is 14.4. The first kappa shape index (κ1) is 11.0. The van der Waals surface area contributed by atoms with Crippen LogP contribution in [0, 0.1) is 12.7 Å². The fraction of sp³-hybridized carbons (Fsp3) is 0.231. The molecule has 0 radical (unpaired) electrons. The minimum absolute atomic E-state index is 0.273. The highest BCUT2D eigenvalue weighted by Crippen LogP contribution is 2.26. The molecule has 0 saturated heterocycles. The lowest BCUT2D eigenvalue weighted by Gasteiger charge is -2.12. The van der Waals surface area contributed by atoms with Gasteiger partial charge in [0.25, 0.3) is 0 Å². The van der Waals surface area contributed by atoms with Crippen LogP contribution in [0.4, 0.5) is 10.1 Å². The Bertz CT molecular complexity index is 636. The van der Waals surface area contributed by atoms with Gasteiger partial charge in [0.1, 0.15) is 5.82 Å². The van der Waals surface area contributed by atoms with Crippen LogP contribution < -0.4 is 10.6 Å². The van der Waals surface area contributed by atoms with Crippen molar-refractivity contribution in [3.05, 3.63) is 35.8 Å². The van der Waals surface area contributed by atoms with E-state index in [1.807, 2.05) is 6.92 Å². The first-order chi connectivity index (χ1) is 8.75. The van der Waals surface area contributed by atoms with Crippen LogP contribution in [0.3, 0.4) is 0 Å². The van der Waals surface area contributed by atoms with Gasteiger partial charge in [-0.3, -0.25) is 9.98 Å². The minimum atomic E-state index is -0.273. The third-order valence-electron chi connectivity index (χ3n) is 3.02. The van der Waals surface area contributed by atoms with Gasteiger partial charge >= 0.3 is 0 Å². The lowest BCUT2D eigenvalue weighted by Crippen LogP contribution is -2.26. The fourth-order valence-corrected chi connectivity index (χ4v) is 2.08. The van der Waals surface area contributed by atoms with Crippen molar-refractivity contribution in [3.63, 3.8) is 0 Å². The number of nitrogens with one attached hydrogen (secondary N) is 2. The van der Waals surface area contributed by atoms with Crippen molar-refractivity contribution < 1.29 is 4.39 Å². The maximum Gasteiger partial charge on any atom is 0.195 e. The molecule has 1 aliphatic rings. The number of nitrogens with zero attached hydrogens (tertiary/aromatic N) is 2. The highest BCUT2D eigenvalue weighted by atomic mass is 19.1. The predicted molar refractivity (Wildman–Crippen MR) is 70.4 cm³/mol. The molecule has 1 aliphatic heterocycles. The molecule has 0 fully saturated rings. The molecule has 92 valence electrons. The number of rotatable bonds is 1. The average Bonchev–Trinajstić information content (AvgIpc) is 2.89. The van der Waals surface area contributed by atoms with E-state index in [4.69, 9.17) is 0 Å². The van der Waals surface area contributed by atoms with Crippen LogP contribution in [0.1, 0.15) is 5.56 Å². The van der Waals surface area contributed by atoms with Crippen LogP contribution in [0.15, 0.2) is 29.4 Å². The molecule has 2 heterocycles. The Kier molecular flexibility index (Phi) is 2.59. The second-order valence-electron chi connectivity index (χ2n) is 4.21. The summed E-state index contributed by atoms with van der Waals surface area (Å²) in [6, 6.07) is 4.96. The lowest BCUT2D eigenvalue weighted by atomic mass is 10.1. The van der Waals surface area contributed by atoms with Crippen molar-refractivity contribution in [1.29, 1.82) is 0 Å². The summed E-state index contributed by atoms with van der Waals surface area (Å²) in [5, 5.41) is 6.74. The van der Waals surface area contributed by atoms with Gasteiger partial charge in [0.05, 0.1) is 12.1 Å². The van der Waals surface area contributed by atoms with E-state index in [9.17, 15) is 4.39 Å². The zero-order chi connectivity index (χ0) is 12.5. The second kappa shape index (κ2) is 4.25. The van der Waals surface area contributed by atoms with E-state index < -0.39 is 0 Å². The number of hydrogen-bond acceptors (Lipinski definition) is 4. The molecule has 0 saturated carbocycles. The van der Waals surface area contributed by atoms with Crippen LogP contribution in [0.5, 0.6) is 0 Å². The van der Waals surface area contributed by atoms with Gasteiger partial charge in [-0.25, -0.2) is 4.39 Å². The molecular formula is C13H13FN4. The van der Waals surface area contributed by atoms with Crippen molar-refractivity contribution in [2.75, 3.05) is 18.4 Å². The first-order valence-electron chi connectivity index (χ1n) is 5.85. The molecule has 0 unspecified atom stereocenters. The minimum Gasteiger partial charge on any atom is -0.354 e. The van der Waals surface area contributed by atoms with Crippen molar-refractivity contribution in [3.8, 4) is 0 Å². The number of anilines is 1. The van der Waals surface area contributed by atoms with Gasteiger partial charge in [0.15, 0.2) is 5.96 Å². The lowest BCUT2D eigenvalue weighted by molar-refractivity contribution is 0.640. The molecule has 18 heavy (non-hydrogen) atoms. The molecule has 1 aromatic heterocycles. The summed E-state index contributed by atoms with van der Waals surface area (Å²) in [7, 11) is 0. The zero-order valence-electron chi connectivity index (χ0n) is 10.00. The molecule has 2 aromatic rings. The Morgan fingerprint density at radius 1 is 1.44 bits per heavy atom. The van der Waals surface area contributed by atoms with Gasteiger partial charge in [-0.05, 0) is 30.7 Å². The fourth-order valence-electron chi connectivity index (χ4n) is 2.08. The Labute approximate surface area is 104 Å². The molecule has 2 N–H and O–H groups in total. The van der Waals surface area contributed by atoms with E-state index in [1.165, 1.54) is 6.07 Å². The summed E-state index contributed by atoms with van der Waals surface area (Å²) < 4.78 is 14.0. The van der Waals surface area contributed by atoms with Crippen LogP contribution in [0.2, 0.25) is 0 Å². The Balaban J connectivity index is 2.09. The number of halogens is 1. The Morgan fingerprint density at radius 2 is 2.33 bits per heavy atom. The maximum absolute atomic E-state index is 14.0. The number of guanidine groups is 1. The number of fused-ring (bicyclic) bond motifs is 1. The monoisotopic (exact) mass is 244 g/mol. The summed E-state index contributed by atoms with van der Waals surface area (Å²) in [5.74, 6) is 0.414. The van der Waals surface area contributed by atoms with Crippen molar-refractivity contribution in [1.82, 2.24) is 10.3 Å². The van der Waals surface area contributed by atoms with Gasteiger partial charge < -0.3 is 10.6 Å². The molecule has 0 spiro atoms. The average molecular weight is 244 g/mol. The highest BCUT2D eigenvalue weighted by Gasteiger charge is 2.12. The maximum atomic E-state index is 14.0. The van der Waals surface area contributed by atoms with Gasteiger partial charge in [-0.15, -0.1) is 0 Å². The molecular weight excluding hydrogens is 231 g/mol. The molecule has 0 atom stereocenters. The summed E-state index contributed by atoms with van der Waals surface area (Å²) >= 11 is 0. The SMILES string of the molecule is Cc1c(NC2=NCCN2)cc(F)c2cccnc12. The van der Waals surface area contributed by atoms with E-state index in [1.54, 1.807) is 18.3 Å². The van der Waals surface area contributed by atoms with Crippen molar-refractivity contribution in [2.45, 2.75) is 6.92 Å². The standard InChI is InChI=1S/C13H13FN4/c1-8-11(18-13-16-5-6-17-13)7-10(14)9-3-2-4-15-12(8)9/h2-4,7H,5-6H2,1H3,(H2,16,17,18).